The summed E-state index contributed by atoms with van der Waals surface area (Å²) in [6.07, 6.45) is 15.2. The third-order valence-electron chi connectivity index (χ3n) is 7.60. The standard InChI is InChI=1S/C35H58N3.FH/c1-7-11-19-27-36(28-20-12-8-2)35(37(29-21-13-9-3)30-22-14-10-4)38(33-25-17-15-23-31(33)5)34-26-18-16-24-32(34)6;/h15-18,23-26H,7-14,19-22,27-30H2,1-6H3;1H/q+1;/p-1. The molecule has 39 heavy (non-hydrogen) atoms. The molecule has 0 aromatic heterocycles. The zero-order valence-electron chi connectivity index (χ0n) is 26.2. The topological polar surface area (TPSA) is 9.49 Å². The van der Waals surface area contributed by atoms with Gasteiger partial charge in [0.15, 0.2) is 0 Å². The molecule has 0 aliphatic carbocycles. The van der Waals surface area contributed by atoms with E-state index in [1.807, 2.05) is 0 Å². The first kappa shape index (κ1) is 34.7. The van der Waals surface area contributed by atoms with E-state index in [1.54, 1.807) is 0 Å². The molecule has 0 aliphatic heterocycles. The van der Waals surface area contributed by atoms with Crippen LogP contribution in [-0.2, 0) is 0 Å². The molecule has 2 aromatic rings. The summed E-state index contributed by atoms with van der Waals surface area (Å²) >= 11 is 0. The van der Waals surface area contributed by atoms with E-state index in [1.165, 1.54) is 106 Å². The van der Waals surface area contributed by atoms with Crippen molar-refractivity contribution in [3.8, 4) is 0 Å². The van der Waals surface area contributed by atoms with Gasteiger partial charge in [-0.25, -0.2) is 0 Å². The average molecular weight is 540 g/mol. The van der Waals surface area contributed by atoms with Crippen molar-refractivity contribution in [3.63, 3.8) is 0 Å². The van der Waals surface area contributed by atoms with Crippen LogP contribution in [0.4, 0.5) is 11.4 Å². The number of para-hydroxylation sites is 2. The molecule has 0 unspecified atom stereocenters. The van der Waals surface area contributed by atoms with Gasteiger partial charge < -0.3 is 4.70 Å². The summed E-state index contributed by atoms with van der Waals surface area (Å²) in [7, 11) is 0. The van der Waals surface area contributed by atoms with Crippen LogP contribution in [0, 0.1) is 13.8 Å². The lowest BCUT2D eigenvalue weighted by Gasteiger charge is -2.32. The summed E-state index contributed by atoms with van der Waals surface area (Å²) in [6, 6.07) is 18.0. The van der Waals surface area contributed by atoms with Gasteiger partial charge in [0.2, 0.25) is 0 Å². The highest BCUT2D eigenvalue weighted by Gasteiger charge is 2.33. The number of guanidine groups is 1. The molecule has 0 radical (unpaired) electrons. The Morgan fingerprint density at radius 1 is 0.564 bits per heavy atom. The Hall–Kier alpha value is -2.36. The predicted molar refractivity (Wildman–Crippen MR) is 169 cm³/mol. The Balaban J connectivity index is 0.00000760. The average Bonchev–Trinajstić information content (AvgIpc) is 2.92. The van der Waals surface area contributed by atoms with Crippen molar-refractivity contribution in [2.24, 2.45) is 0 Å². The van der Waals surface area contributed by atoms with Crippen molar-refractivity contribution in [2.45, 2.75) is 119 Å². The van der Waals surface area contributed by atoms with E-state index in [0.29, 0.717) is 0 Å². The van der Waals surface area contributed by atoms with Gasteiger partial charge in [0.05, 0.1) is 26.2 Å². The molecule has 2 aromatic carbocycles. The minimum absolute atomic E-state index is 0. The summed E-state index contributed by atoms with van der Waals surface area (Å²) < 4.78 is 2.77. The highest BCUT2D eigenvalue weighted by Crippen LogP contribution is 2.32. The molecule has 0 saturated carbocycles. The van der Waals surface area contributed by atoms with E-state index in [0.717, 1.165) is 26.2 Å². The van der Waals surface area contributed by atoms with Gasteiger partial charge in [-0.05, 0) is 62.8 Å². The summed E-state index contributed by atoms with van der Waals surface area (Å²) in [4.78, 5) is 5.39. The van der Waals surface area contributed by atoms with E-state index >= 15 is 0 Å². The quantitative estimate of drug-likeness (QED) is 0.0884. The van der Waals surface area contributed by atoms with Crippen LogP contribution in [0.3, 0.4) is 0 Å². The Bertz CT molecular complexity index is 871. The maximum atomic E-state index is 2.77. The summed E-state index contributed by atoms with van der Waals surface area (Å²) in [5, 5.41) is 0. The number of hydrogen-bond acceptors (Lipinski definition) is 0. The fourth-order valence-corrected chi connectivity index (χ4v) is 5.29. The van der Waals surface area contributed by atoms with Crippen molar-refractivity contribution < 1.29 is 9.28 Å². The normalized spacial score (nSPS) is 10.7. The first-order valence-electron chi connectivity index (χ1n) is 15.9. The molecule has 0 amide bonds. The van der Waals surface area contributed by atoms with Crippen molar-refractivity contribution in [1.82, 2.24) is 4.90 Å². The highest BCUT2D eigenvalue weighted by atomic mass is 19.0. The zero-order chi connectivity index (χ0) is 27.6. The second-order valence-corrected chi connectivity index (χ2v) is 11.0. The molecule has 0 N–H and O–H groups in total. The highest BCUT2D eigenvalue weighted by molar-refractivity contribution is 6.01. The number of benzene rings is 2. The van der Waals surface area contributed by atoms with E-state index in [9.17, 15) is 0 Å². The van der Waals surface area contributed by atoms with Gasteiger partial charge in [-0.2, -0.15) is 4.90 Å². The van der Waals surface area contributed by atoms with Gasteiger partial charge in [-0.3, -0.25) is 9.48 Å². The van der Waals surface area contributed by atoms with Crippen LogP contribution in [0.15, 0.2) is 48.5 Å². The van der Waals surface area contributed by atoms with Crippen molar-refractivity contribution in [3.05, 3.63) is 59.7 Å². The van der Waals surface area contributed by atoms with Crippen molar-refractivity contribution in [2.75, 3.05) is 31.1 Å². The van der Waals surface area contributed by atoms with Gasteiger partial charge >= 0.3 is 5.96 Å². The molecule has 4 heteroatoms. The number of anilines is 2. The first-order chi connectivity index (χ1) is 18.6. The monoisotopic (exact) mass is 539 g/mol. The molecule has 0 aliphatic rings. The largest absolute Gasteiger partial charge is 1.00 e. The number of nitrogens with zero attached hydrogens (tertiary/aromatic N) is 3. The smallest absolute Gasteiger partial charge is 0.360 e. The van der Waals surface area contributed by atoms with Crippen LogP contribution in [0.1, 0.15) is 116 Å². The Labute approximate surface area is 240 Å². The number of hydrogen-bond donors (Lipinski definition) is 0. The van der Waals surface area contributed by atoms with E-state index in [4.69, 9.17) is 0 Å². The number of unbranched alkanes of at least 4 members (excludes halogenated alkanes) is 8. The number of rotatable bonds is 18. The van der Waals surface area contributed by atoms with Crippen molar-refractivity contribution >= 4 is 17.3 Å². The minimum Gasteiger partial charge on any atom is -1.00 e. The van der Waals surface area contributed by atoms with Gasteiger partial charge in [-0.15, -0.1) is 0 Å². The van der Waals surface area contributed by atoms with Gasteiger partial charge in [-0.1, -0.05) is 115 Å². The maximum absolute atomic E-state index is 2.77. The molecule has 0 bridgehead atoms. The minimum atomic E-state index is 0. The lowest BCUT2D eigenvalue weighted by Crippen LogP contribution is -3.00. The number of aryl methyl sites for hydroxylation is 2. The zero-order valence-corrected chi connectivity index (χ0v) is 26.2. The van der Waals surface area contributed by atoms with Crippen LogP contribution in [0.5, 0.6) is 0 Å². The van der Waals surface area contributed by atoms with Gasteiger partial charge in [0, 0.05) is 0 Å². The summed E-state index contributed by atoms with van der Waals surface area (Å²) in [5.74, 6) is 1.41. The number of halogens is 1. The van der Waals surface area contributed by atoms with E-state index in [2.05, 4.69) is 104 Å². The lowest BCUT2D eigenvalue weighted by molar-refractivity contribution is -0.534. The fourth-order valence-electron chi connectivity index (χ4n) is 5.29. The lowest BCUT2D eigenvalue weighted by atomic mass is 10.1. The van der Waals surface area contributed by atoms with Crippen LogP contribution in [-0.4, -0.2) is 41.6 Å². The second kappa shape index (κ2) is 20.5. The molecule has 0 atom stereocenters. The van der Waals surface area contributed by atoms with Crippen LogP contribution < -0.4 is 9.60 Å². The van der Waals surface area contributed by atoms with Crippen LogP contribution in [0.25, 0.3) is 0 Å². The molecule has 3 nitrogen and oxygen atoms in total. The van der Waals surface area contributed by atoms with Crippen LogP contribution >= 0.6 is 0 Å². The Morgan fingerprint density at radius 2 is 0.949 bits per heavy atom. The Morgan fingerprint density at radius 3 is 1.33 bits per heavy atom. The van der Waals surface area contributed by atoms with Gasteiger partial charge in [0.25, 0.3) is 0 Å². The van der Waals surface area contributed by atoms with Crippen molar-refractivity contribution in [1.29, 1.82) is 0 Å². The molecule has 2 rings (SSSR count). The maximum Gasteiger partial charge on any atom is 0.360 e. The third-order valence-corrected chi connectivity index (χ3v) is 7.60. The van der Waals surface area contributed by atoms with Crippen LogP contribution in [0.2, 0.25) is 0 Å². The Kier molecular flexibility index (Phi) is 18.2. The molecule has 220 valence electrons. The van der Waals surface area contributed by atoms with Gasteiger partial charge in [0.1, 0.15) is 11.4 Å². The molecule has 0 spiro atoms. The molecular formula is C35H58FN3. The molecule has 0 heterocycles. The molecule has 0 saturated heterocycles. The summed E-state index contributed by atoms with van der Waals surface area (Å²) in [5.41, 5.74) is 5.28. The molecule has 0 fully saturated rings. The second-order valence-electron chi connectivity index (χ2n) is 11.0. The van der Waals surface area contributed by atoms with E-state index in [-0.39, 0.29) is 4.70 Å². The summed E-state index contributed by atoms with van der Waals surface area (Å²) in [6.45, 7) is 18.3. The van der Waals surface area contributed by atoms with E-state index < -0.39 is 0 Å². The first-order valence-corrected chi connectivity index (χ1v) is 15.9. The molecular weight excluding hydrogens is 481 g/mol. The predicted octanol–water partition coefficient (Wildman–Crippen LogP) is 6.88. The SMILES string of the molecule is CCCCCN(CCCCC)C(N(c1ccccc1C)c1ccccc1C)=[N+](CCCCC)CCCCC.[F-]. The third kappa shape index (κ3) is 11.3. The fraction of sp³-hybridized carbons (Fsp3) is 0.629.